The SMILES string of the molecule is CC(C)(C)CCCC(CO)c1ccccc1Cl. The van der Waals surface area contributed by atoms with Gasteiger partial charge in [0, 0.05) is 17.5 Å². The molecule has 0 amide bonds. The molecule has 0 aliphatic carbocycles. The number of hydrogen-bond donors (Lipinski definition) is 1. The van der Waals surface area contributed by atoms with Gasteiger partial charge in [-0.3, -0.25) is 0 Å². The Labute approximate surface area is 110 Å². The topological polar surface area (TPSA) is 20.2 Å². The maximum atomic E-state index is 9.47. The molecular weight excluding hydrogens is 232 g/mol. The number of benzene rings is 1. The van der Waals surface area contributed by atoms with Crippen LogP contribution in [0, 0.1) is 5.41 Å². The van der Waals surface area contributed by atoms with Gasteiger partial charge in [0.1, 0.15) is 0 Å². The van der Waals surface area contributed by atoms with E-state index in [-0.39, 0.29) is 12.5 Å². The number of halogens is 1. The molecule has 0 heterocycles. The van der Waals surface area contributed by atoms with Crippen LogP contribution in [0.4, 0.5) is 0 Å². The molecule has 1 N–H and O–H groups in total. The zero-order valence-electron chi connectivity index (χ0n) is 11.0. The Balaban J connectivity index is 2.58. The summed E-state index contributed by atoms with van der Waals surface area (Å²) in [5.74, 6) is 0.172. The van der Waals surface area contributed by atoms with E-state index in [1.54, 1.807) is 0 Å². The summed E-state index contributed by atoms with van der Waals surface area (Å²) in [5, 5.41) is 10.2. The fraction of sp³-hybridized carbons (Fsp3) is 0.600. The first-order valence-corrected chi connectivity index (χ1v) is 6.67. The minimum absolute atomic E-state index is 0.172. The highest BCUT2D eigenvalue weighted by atomic mass is 35.5. The van der Waals surface area contributed by atoms with Crippen molar-refractivity contribution in [2.24, 2.45) is 5.41 Å². The van der Waals surface area contributed by atoms with Crippen LogP contribution < -0.4 is 0 Å². The van der Waals surface area contributed by atoms with Crippen molar-refractivity contribution in [3.05, 3.63) is 34.9 Å². The fourth-order valence-corrected chi connectivity index (χ4v) is 2.32. The summed E-state index contributed by atoms with van der Waals surface area (Å²) in [4.78, 5) is 0. The Bertz CT molecular complexity index is 341. The third kappa shape index (κ3) is 5.10. The normalized spacial score (nSPS) is 13.7. The number of aliphatic hydroxyl groups excluding tert-OH is 1. The molecule has 17 heavy (non-hydrogen) atoms. The van der Waals surface area contributed by atoms with E-state index in [0.717, 1.165) is 23.4 Å². The van der Waals surface area contributed by atoms with Gasteiger partial charge < -0.3 is 5.11 Å². The Morgan fingerprint density at radius 1 is 1.24 bits per heavy atom. The zero-order chi connectivity index (χ0) is 12.9. The van der Waals surface area contributed by atoms with Gasteiger partial charge in [0.2, 0.25) is 0 Å². The lowest BCUT2D eigenvalue weighted by molar-refractivity contribution is 0.250. The average Bonchev–Trinajstić information content (AvgIpc) is 2.24. The van der Waals surface area contributed by atoms with Crippen molar-refractivity contribution in [1.29, 1.82) is 0 Å². The molecule has 1 rings (SSSR count). The molecule has 1 aromatic carbocycles. The molecule has 0 aromatic heterocycles. The molecule has 2 heteroatoms. The molecule has 1 atom stereocenters. The lowest BCUT2D eigenvalue weighted by Crippen LogP contribution is -2.09. The van der Waals surface area contributed by atoms with Gasteiger partial charge in [0.05, 0.1) is 0 Å². The summed E-state index contributed by atoms with van der Waals surface area (Å²) in [6.45, 7) is 6.91. The number of rotatable bonds is 5. The third-order valence-corrected chi connectivity index (χ3v) is 3.39. The van der Waals surface area contributed by atoms with Crippen molar-refractivity contribution >= 4 is 11.6 Å². The Kier molecular flexibility index (Phi) is 5.48. The molecular formula is C15H23ClO. The number of aliphatic hydroxyl groups is 1. The maximum Gasteiger partial charge on any atom is 0.0500 e. The van der Waals surface area contributed by atoms with Crippen molar-refractivity contribution in [2.75, 3.05) is 6.61 Å². The molecule has 0 saturated carbocycles. The van der Waals surface area contributed by atoms with Gasteiger partial charge in [-0.25, -0.2) is 0 Å². The van der Waals surface area contributed by atoms with Crippen LogP contribution in [-0.2, 0) is 0 Å². The Morgan fingerprint density at radius 2 is 1.88 bits per heavy atom. The van der Waals surface area contributed by atoms with Crippen molar-refractivity contribution in [2.45, 2.75) is 46.0 Å². The minimum atomic E-state index is 0.172. The summed E-state index contributed by atoms with van der Waals surface area (Å²) in [5.41, 5.74) is 1.44. The van der Waals surface area contributed by atoms with Crippen molar-refractivity contribution < 1.29 is 5.11 Å². The highest BCUT2D eigenvalue weighted by Gasteiger charge is 2.15. The van der Waals surface area contributed by atoms with E-state index in [4.69, 9.17) is 11.6 Å². The highest BCUT2D eigenvalue weighted by Crippen LogP contribution is 2.30. The Morgan fingerprint density at radius 3 is 2.41 bits per heavy atom. The lowest BCUT2D eigenvalue weighted by Gasteiger charge is -2.21. The Hall–Kier alpha value is -0.530. The van der Waals surface area contributed by atoms with E-state index in [0.29, 0.717) is 5.41 Å². The van der Waals surface area contributed by atoms with E-state index in [2.05, 4.69) is 20.8 Å². The largest absolute Gasteiger partial charge is 0.396 e. The van der Waals surface area contributed by atoms with Crippen LogP contribution in [0.1, 0.15) is 51.5 Å². The zero-order valence-corrected chi connectivity index (χ0v) is 11.8. The minimum Gasteiger partial charge on any atom is -0.396 e. The van der Waals surface area contributed by atoms with Crippen LogP contribution in [0.2, 0.25) is 5.02 Å². The molecule has 96 valence electrons. The monoisotopic (exact) mass is 254 g/mol. The summed E-state index contributed by atoms with van der Waals surface area (Å²) in [6.07, 6.45) is 3.30. The third-order valence-electron chi connectivity index (χ3n) is 3.04. The summed E-state index contributed by atoms with van der Waals surface area (Å²) in [6, 6.07) is 7.81. The van der Waals surface area contributed by atoms with Gasteiger partial charge in [0.25, 0.3) is 0 Å². The molecule has 0 fully saturated rings. The van der Waals surface area contributed by atoms with Crippen LogP contribution in [0.3, 0.4) is 0 Å². The van der Waals surface area contributed by atoms with E-state index < -0.39 is 0 Å². The molecule has 0 bridgehead atoms. The van der Waals surface area contributed by atoms with Gasteiger partial charge in [-0.05, 0) is 29.9 Å². The summed E-state index contributed by atoms with van der Waals surface area (Å²) < 4.78 is 0. The first-order chi connectivity index (χ1) is 7.94. The van der Waals surface area contributed by atoms with Gasteiger partial charge in [-0.2, -0.15) is 0 Å². The van der Waals surface area contributed by atoms with Gasteiger partial charge in [0.15, 0.2) is 0 Å². The smallest absolute Gasteiger partial charge is 0.0500 e. The standard InChI is InChI=1S/C15H23ClO/c1-15(2,3)10-6-7-12(11-17)13-8-4-5-9-14(13)16/h4-5,8-9,12,17H,6-7,10-11H2,1-3H3. The van der Waals surface area contributed by atoms with Crippen LogP contribution in [0.15, 0.2) is 24.3 Å². The van der Waals surface area contributed by atoms with Gasteiger partial charge >= 0.3 is 0 Å². The van der Waals surface area contributed by atoms with Crippen molar-refractivity contribution in [1.82, 2.24) is 0 Å². The highest BCUT2D eigenvalue weighted by molar-refractivity contribution is 6.31. The van der Waals surface area contributed by atoms with E-state index in [1.807, 2.05) is 24.3 Å². The lowest BCUT2D eigenvalue weighted by atomic mass is 9.86. The predicted octanol–water partition coefficient (Wildman–Crippen LogP) is 4.63. The quantitative estimate of drug-likeness (QED) is 0.812. The average molecular weight is 255 g/mol. The van der Waals surface area contributed by atoms with Crippen LogP contribution in [0.5, 0.6) is 0 Å². The molecule has 0 radical (unpaired) electrons. The summed E-state index contributed by atoms with van der Waals surface area (Å²) >= 11 is 6.16. The second kappa shape index (κ2) is 6.42. The molecule has 0 spiro atoms. The molecule has 0 aliphatic rings. The first kappa shape index (κ1) is 14.5. The van der Waals surface area contributed by atoms with Gasteiger partial charge in [-0.15, -0.1) is 0 Å². The van der Waals surface area contributed by atoms with Crippen molar-refractivity contribution in [3.8, 4) is 0 Å². The number of hydrogen-bond acceptors (Lipinski definition) is 1. The molecule has 1 aromatic rings. The van der Waals surface area contributed by atoms with Crippen molar-refractivity contribution in [3.63, 3.8) is 0 Å². The fourth-order valence-electron chi connectivity index (χ4n) is 2.03. The van der Waals surface area contributed by atoms with Crippen LogP contribution >= 0.6 is 11.6 Å². The molecule has 0 saturated heterocycles. The van der Waals surface area contributed by atoms with Crippen LogP contribution in [-0.4, -0.2) is 11.7 Å². The molecule has 0 aliphatic heterocycles. The van der Waals surface area contributed by atoms with E-state index >= 15 is 0 Å². The predicted molar refractivity (Wildman–Crippen MR) is 74.6 cm³/mol. The molecule has 1 unspecified atom stereocenters. The van der Waals surface area contributed by atoms with E-state index in [1.165, 1.54) is 6.42 Å². The van der Waals surface area contributed by atoms with Gasteiger partial charge in [-0.1, -0.05) is 57.0 Å². The second-order valence-electron chi connectivity index (χ2n) is 5.85. The van der Waals surface area contributed by atoms with Crippen LogP contribution in [0.25, 0.3) is 0 Å². The second-order valence-corrected chi connectivity index (χ2v) is 6.26. The van der Waals surface area contributed by atoms with E-state index in [9.17, 15) is 5.11 Å². The maximum absolute atomic E-state index is 9.47. The molecule has 1 nitrogen and oxygen atoms in total. The summed E-state index contributed by atoms with van der Waals surface area (Å²) in [7, 11) is 0. The first-order valence-electron chi connectivity index (χ1n) is 6.29.